The Kier molecular flexibility index (Phi) is 5.55. The Morgan fingerprint density at radius 1 is 1.38 bits per heavy atom. The predicted molar refractivity (Wildman–Crippen MR) is 94.3 cm³/mol. The zero-order chi connectivity index (χ0) is 15.5. The van der Waals surface area contributed by atoms with Gasteiger partial charge in [0.05, 0.1) is 0 Å². The van der Waals surface area contributed by atoms with Crippen LogP contribution in [0.3, 0.4) is 0 Å². The van der Waals surface area contributed by atoms with E-state index in [1.807, 2.05) is 0 Å². The number of nitrogens with zero attached hydrogens (tertiary/aromatic N) is 2. The van der Waals surface area contributed by atoms with E-state index in [9.17, 15) is 0 Å². The first kappa shape index (κ1) is 16.6. The molecule has 0 saturated carbocycles. The van der Waals surface area contributed by atoms with Crippen LogP contribution in [0, 0.1) is 0 Å². The standard InChI is InChI=1S/C17H29N3S/c1-6-15-9-14(11-18-13(2)3)10-16(19-15)20-7-8-21-17(4,5)12-20/h9-10,13,18H,6-8,11-12H2,1-5H3. The topological polar surface area (TPSA) is 28.2 Å². The second kappa shape index (κ2) is 7.01. The van der Waals surface area contributed by atoms with Gasteiger partial charge >= 0.3 is 0 Å². The first-order valence-electron chi connectivity index (χ1n) is 8.02. The molecule has 2 rings (SSSR count). The SMILES string of the molecule is CCc1cc(CNC(C)C)cc(N2CCSC(C)(C)C2)n1. The molecule has 0 aromatic carbocycles. The maximum Gasteiger partial charge on any atom is 0.129 e. The summed E-state index contributed by atoms with van der Waals surface area (Å²) in [5.41, 5.74) is 2.55. The third-order valence-electron chi connectivity index (χ3n) is 3.75. The third kappa shape index (κ3) is 4.89. The van der Waals surface area contributed by atoms with Crippen LogP contribution in [0.1, 0.15) is 45.9 Å². The van der Waals surface area contributed by atoms with Crippen LogP contribution in [0.4, 0.5) is 5.82 Å². The summed E-state index contributed by atoms with van der Waals surface area (Å²) in [6, 6.07) is 5.01. The van der Waals surface area contributed by atoms with Crippen molar-refractivity contribution in [1.29, 1.82) is 0 Å². The van der Waals surface area contributed by atoms with Crippen LogP contribution in [-0.2, 0) is 13.0 Å². The highest BCUT2D eigenvalue weighted by Gasteiger charge is 2.27. The zero-order valence-corrected chi connectivity index (χ0v) is 14.9. The number of nitrogens with one attached hydrogen (secondary N) is 1. The lowest BCUT2D eigenvalue weighted by molar-refractivity contribution is 0.587. The van der Waals surface area contributed by atoms with Gasteiger partial charge in [0.1, 0.15) is 5.82 Å². The first-order valence-corrected chi connectivity index (χ1v) is 9.00. The summed E-state index contributed by atoms with van der Waals surface area (Å²) in [6.07, 6.45) is 0.995. The van der Waals surface area contributed by atoms with Gasteiger partial charge in [-0.1, -0.05) is 20.8 Å². The Hall–Kier alpha value is -0.740. The van der Waals surface area contributed by atoms with E-state index < -0.39 is 0 Å². The van der Waals surface area contributed by atoms with E-state index in [0.717, 1.165) is 31.9 Å². The molecule has 1 saturated heterocycles. The maximum absolute atomic E-state index is 4.86. The van der Waals surface area contributed by atoms with Gasteiger partial charge in [-0.25, -0.2) is 4.98 Å². The van der Waals surface area contributed by atoms with Gasteiger partial charge in [-0.05, 0) is 38.0 Å². The molecular weight excluding hydrogens is 278 g/mol. The minimum Gasteiger partial charge on any atom is -0.354 e. The smallest absolute Gasteiger partial charge is 0.129 e. The summed E-state index contributed by atoms with van der Waals surface area (Å²) in [5.74, 6) is 2.34. The van der Waals surface area contributed by atoms with Crippen LogP contribution in [-0.4, -0.2) is 34.6 Å². The molecule has 1 aliphatic heterocycles. The second-order valence-electron chi connectivity index (χ2n) is 6.74. The predicted octanol–water partition coefficient (Wildman–Crippen LogP) is 3.47. The highest BCUT2D eigenvalue weighted by molar-refractivity contribution is 8.00. The minimum atomic E-state index is 0.318. The average molecular weight is 308 g/mol. The van der Waals surface area contributed by atoms with Crippen LogP contribution in [0.25, 0.3) is 0 Å². The van der Waals surface area contributed by atoms with Gasteiger partial charge in [-0.15, -0.1) is 0 Å². The highest BCUT2D eigenvalue weighted by atomic mass is 32.2. The van der Waals surface area contributed by atoms with E-state index in [2.05, 4.69) is 68.7 Å². The van der Waals surface area contributed by atoms with Crippen LogP contribution in [0.5, 0.6) is 0 Å². The summed E-state index contributed by atoms with van der Waals surface area (Å²) in [5, 5.41) is 3.51. The van der Waals surface area contributed by atoms with Crippen LogP contribution in [0.15, 0.2) is 12.1 Å². The molecular formula is C17H29N3S. The molecule has 1 aliphatic rings. The summed E-state index contributed by atoms with van der Waals surface area (Å²) >= 11 is 2.07. The van der Waals surface area contributed by atoms with Crippen molar-refractivity contribution in [3.63, 3.8) is 0 Å². The molecule has 2 heterocycles. The third-order valence-corrected chi connectivity index (χ3v) is 5.05. The van der Waals surface area contributed by atoms with Gasteiger partial charge in [-0.2, -0.15) is 11.8 Å². The van der Waals surface area contributed by atoms with Crippen molar-refractivity contribution in [3.8, 4) is 0 Å². The lowest BCUT2D eigenvalue weighted by Gasteiger charge is -2.38. The maximum atomic E-state index is 4.86. The number of thioether (sulfide) groups is 1. The van der Waals surface area contributed by atoms with E-state index in [-0.39, 0.29) is 0 Å². The first-order chi connectivity index (χ1) is 9.89. The second-order valence-corrected chi connectivity index (χ2v) is 8.55. The van der Waals surface area contributed by atoms with Crippen LogP contribution >= 0.6 is 11.8 Å². The number of rotatable bonds is 5. The minimum absolute atomic E-state index is 0.318. The fourth-order valence-corrected chi connectivity index (χ4v) is 3.72. The summed E-state index contributed by atoms with van der Waals surface area (Å²) in [4.78, 5) is 7.31. The Morgan fingerprint density at radius 2 is 2.14 bits per heavy atom. The van der Waals surface area contributed by atoms with E-state index in [1.54, 1.807) is 0 Å². The van der Waals surface area contributed by atoms with Gasteiger partial charge in [0.15, 0.2) is 0 Å². The molecule has 3 nitrogen and oxygen atoms in total. The molecule has 118 valence electrons. The van der Waals surface area contributed by atoms with Crippen molar-refractivity contribution >= 4 is 17.6 Å². The van der Waals surface area contributed by atoms with Crippen molar-refractivity contribution in [2.24, 2.45) is 0 Å². The van der Waals surface area contributed by atoms with E-state index in [4.69, 9.17) is 4.98 Å². The Bertz CT molecular complexity index is 471. The Balaban J connectivity index is 2.19. The molecule has 0 atom stereocenters. The van der Waals surface area contributed by atoms with Crippen LogP contribution in [0.2, 0.25) is 0 Å². The number of hydrogen-bond donors (Lipinski definition) is 1. The van der Waals surface area contributed by atoms with Gasteiger partial charge < -0.3 is 10.2 Å². The molecule has 21 heavy (non-hydrogen) atoms. The number of pyridine rings is 1. The summed E-state index contributed by atoms with van der Waals surface area (Å²) < 4.78 is 0.318. The molecule has 0 unspecified atom stereocenters. The highest BCUT2D eigenvalue weighted by Crippen LogP contribution is 2.32. The Morgan fingerprint density at radius 3 is 2.76 bits per heavy atom. The molecule has 1 aromatic rings. The van der Waals surface area contributed by atoms with Gasteiger partial charge in [0, 0.05) is 41.9 Å². The van der Waals surface area contributed by atoms with Gasteiger partial charge in [0.25, 0.3) is 0 Å². The summed E-state index contributed by atoms with van der Waals surface area (Å²) in [6.45, 7) is 14.3. The molecule has 0 amide bonds. The van der Waals surface area contributed by atoms with Crippen molar-refractivity contribution in [3.05, 3.63) is 23.4 Å². The zero-order valence-electron chi connectivity index (χ0n) is 14.1. The van der Waals surface area contributed by atoms with E-state index in [0.29, 0.717) is 10.8 Å². The molecule has 1 N–H and O–H groups in total. The number of aromatic nitrogens is 1. The average Bonchev–Trinajstić information content (AvgIpc) is 2.43. The van der Waals surface area contributed by atoms with Gasteiger partial charge in [-0.3, -0.25) is 0 Å². The quantitative estimate of drug-likeness (QED) is 0.901. The van der Waals surface area contributed by atoms with Gasteiger partial charge in [0.2, 0.25) is 0 Å². The molecule has 4 heteroatoms. The molecule has 0 aliphatic carbocycles. The lowest BCUT2D eigenvalue weighted by atomic mass is 10.1. The molecule has 1 fully saturated rings. The van der Waals surface area contributed by atoms with E-state index >= 15 is 0 Å². The van der Waals surface area contributed by atoms with Crippen molar-refractivity contribution in [2.75, 3.05) is 23.7 Å². The monoisotopic (exact) mass is 307 g/mol. The summed E-state index contributed by atoms with van der Waals surface area (Å²) in [7, 11) is 0. The molecule has 0 spiro atoms. The van der Waals surface area contributed by atoms with Crippen molar-refractivity contribution < 1.29 is 0 Å². The normalized spacial score (nSPS) is 18.3. The molecule has 1 aromatic heterocycles. The van der Waals surface area contributed by atoms with E-state index in [1.165, 1.54) is 17.0 Å². The van der Waals surface area contributed by atoms with Crippen LogP contribution < -0.4 is 10.2 Å². The molecule has 0 radical (unpaired) electrons. The van der Waals surface area contributed by atoms with Crippen molar-refractivity contribution in [2.45, 2.75) is 58.4 Å². The number of hydrogen-bond acceptors (Lipinski definition) is 4. The fourth-order valence-electron chi connectivity index (χ4n) is 2.61. The van der Waals surface area contributed by atoms with Crippen molar-refractivity contribution in [1.82, 2.24) is 10.3 Å². The molecule has 0 bridgehead atoms. The number of anilines is 1. The Labute approximate surface area is 133 Å². The largest absolute Gasteiger partial charge is 0.354 e. The fraction of sp³-hybridized carbons (Fsp3) is 0.706. The lowest BCUT2D eigenvalue weighted by Crippen LogP contribution is -2.43. The number of aryl methyl sites for hydroxylation is 1.